The summed E-state index contributed by atoms with van der Waals surface area (Å²) in [5.74, 6) is 0.347. The third-order valence-electron chi connectivity index (χ3n) is 5.27. The number of carbonyl (C=O) groups excluding carboxylic acids is 2. The number of methoxy groups -OCH3 is 1. The monoisotopic (exact) mass is 592 g/mol. The molecule has 0 unspecified atom stereocenters. The maximum atomic E-state index is 12.5. The zero-order chi connectivity index (χ0) is 26.9. The maximum absolute atomic E-state index is 12.5. The zero-order valence-electron chi connectivity index (χ0n) is 20.2. The summed E-state index contributed by atoms with van der Waals surface area (Å²) in [6, 6.07) is 25.9. The molecule has 1 N–H and O–H groups in total. The summed E-state index contributed by atoms with van der Waals surface area (Å²) in [6.45, 7) is 0.387. The van der Waals surface area contributed by atoms with Crippen LogP contribution in [0.25, 0.3) is 0 Å². The number of halogens is 2. The molecule has 0 bridgehead atoms. The van der Waals surface area contributed by atoms with Crippen molar-refractivity contribution < 1.29 is 23.8 Å². The fraction of sp³-hybridized carbons (Fsp3) is 0.0690. The first-order valence-electron chi connectivity index (χ1n) is 11.4. The van der Waals surface area contributed by atoms with Crippen molar-refractivity contribution in [1.29, 1.82) is 0 Å². The summed E-state index contributed by atoms with van der Waals surface area (Å²) in [4.78, 5) is 24.9. The third kappa shape index (κ3) is 7.44. The number of benzene rings is 4. The molecule has 0 atom stereocenters. The lowest BCUT2D eigenvalue weighted by Gasteiger charge is -2.10. The Kier molecular flexibility index (Phi) is 9.13. The standard InChI is InChI=1S/C29H22BrClN2O5/c1-36-27-15-20(7-14-26(27)38-29(35)22-3-2-4-23(30)16-22)17-32-33-28(34)21-8-12-25(13-9-21)37-18-19-5-10-24(31)11-6-19/h2-17H,18H2,1H3,(H,33,34). The Labute approximate surface area is 233 Å². The van der Waals surface area contributed by atoms with E-state index >= 15 is 0 Å². The van der Waals surface area contributed by atoms with Crippen molar-refractivity contribution in [2.24, 2.45) is 5.10 Å². The number of amides is 1. The van der Waals surface area contributed by atoms with Crippen molar-refractivity contribution in [3.63, 3.8) is 0 Å². The normalized spacial score (nSPS) is 10.7. The van der Waals surface area contributed by atoms with E-state index in [4.69, 9.17) is 25.8 Å². The first-order valence-corrected chi connectivity index (χ1v) is 12.5. The van der Waals surface area contributed by atoms with Gasteiger partial charge in [-0.25, -0.2) is 10.2 Å². The second-order valence-electron chi connectivity index (χ2n) is 7.95. The fourth-order valence-corrected chi connectivity index (χ4v) is 3.83. The maximum Gasteiger partial charge on any atom is 0.343 e. The number of hydrogen-bond donors (Lipinski definition) is 1. The lowest BCUT2D eigenvalue weighted by atomic mass is 10.2. The second-order valence-corrected chi connectivity index (χ2v) is 9.30. The van der Waals surface area contributed by atoms with Gasteiger partial charge in [0.15, 0.2) is 11.5 Å². The van der Waals surface area contributed by atoms with Crippen molar-refractivity contribution in [3.05, 3.63) is 123 Å². The fourth-order valence-electron chi connectivity index (χ4n) is 3.30. The number of esters is 1. The molecule has 0 fully saturated rings. The molecular formula is C29H22BrClN2O5. The van der Waals surface area contributed by atoms with Crippen LogP contribution in [0.4, 0.5) is 0 Å². The Hall–Kier alpha value is -4.14. The van der Waals surface area contributed by atoms with Gasteiger partial charge in [-0.15, -0.1) is 0 Å². The van der Waals surface area contributed by atoms with E-state index in [2.05, 4.69) is 26.5 Å². The zero-order valence-corrected chi connectivity index (χ0v) is 22.5. The van der Waals surface area contributed by atoms with Crippen LogP contribution >= 0.6 is 27.5 Å². The third-order valence-corrected chi connectivity index (χ3v) is 6.01. The number of carbonyl (C=O) groups is 2. The highest BCUT2D eigenvalue weighted by atomic mass is 79.9. The Morgan fingerprint density at radius 2 is 1.68 bits per heavy atom. The van der Waals surface area contributed by atoms with Crippen LogP contribution in [-0.2, 0) is 6.61 Å². The van der Waals surface area contributed by atoms with Gasteiger partial charge in [-0.05, 0) is 83.9 Å². The predicted molar refractivity (Wildman–Crippen MR) is 149 cm³/mol. The van der Waals surface area contributed by atoms with Gasteiger partial charge in [0.1, 0.15) is 12.4 Å². The molecule has 9 heteroatoms. The summed E-state index contributed by atoms with van der Waals surface area (Å²) < 4.78 is 17.3. The number of hydrazone groups is 1. The first kappa shape index (κ1) is 26.9. The van der Waals surface area contributed by atoms with E-state index in [0.717, 1.165) is 10.0 Å². The number of nitrogens with one attached hydrogen (secondary N) is 1. The van der Waals surface area contributed by atoms with E-state index in [1.165, 1.54) is 13.3 Å². The molecule has 38 heavy (non-hydrogen) atoms. The molecule has 4 rings (SSSR count). The molecule has 0 heterocycles. The van der Waals surface area contributed by atoms with E-state index in [-0.39, 0.29) is 11.7 Å². The van der Waals surface area contributed by atoms with E-state index < -0.39 is 5.97 Å². The Morgan fingerprint density at radius 3 is 2.39 bits per heavy atom. The van der Waals surface area contributed by atoms with Crippen LogP contribution in [0, 0.1) is 0 Å². The van der Waals surface area contributed by atoms with Crippen LogP contribution in [-0.4, -0.2) is 25.2 Å². The van der Waals surface area contributed by atoms with Crippen LogP contribution in [0.3, 0.4) is 0 Å². The van der Waals surface area contributed by atoms with Crippen LogP contribution in [0.2, 0.25) is 5.02 Å². The summed E-state index contributed by atoms with van der Waals surface area (Å²) >= 11 is 9.23. The molecule has 192 valence electrons. The topological polar surface area (TPSA) is 86.2 Å². The number of ether oxygens (including phenoxy) is 3. The van der Waals surface area contributed by atoms with Gasteiger partial charge in [0, 0.05) is 15.1 Å². The van der Waals surface area contributed by atoms with Crippen LogP contribution < -0.4 is 19.6 Å². The summed E-state index contributed by atoms with van der Waals surface area (Å²) in [6.07, 6.45) is 1.46. The van der Waals surface area contributed by atoms with Gasteiger partial charge in [-0.2, -0.15) is 5.10 Å². The minimum atomic E-state index is -0.514. The lowest BCUT2D eigenvalue weighted by molar-refractivity contribution is 0.0729. The molecule has 0 aliphatic rings. The molecule has 0 saturated heterocycles. The lowest BCUT2D eigenvalue weighted by Crippen LogP contribution is -2.17. The molecule has 0 radical (unpaired) electrons. The van der Waals surface area contributed by atoms with Gasteiger partial charge >= 0.3 is 5.97 Å². The molecule has 4 aromatic carbocycles. The van der Waals surface area contributed by atoms with Gasteiger partial charge in [0.25, 0.3) is 5.91 Å². The largest absolute Gasteiger partial charge is 0.493 e. The molecular weight excluding hydrogens is 572 g/mol. The summed E-state index contributed by atoms with van der Waals surface area (Å²) in [7, 11) is 1.47. The SMILES string of the molecule is COc1cc(C=NNC(=O)c2ccc(OCc3ccc(Cl)cc3)cc2)ccc1OC(=O)c1cccc(Br)c1. The summed E-state index contributed by atoms with van der Waals surface area (Å²) in [5, 5.41) is 4.68. The summed E-state index contributed by atoms with van der Waals surface area (Å²) in [5.41, 5.74) is 4.93. The van der Waals surface area contributed by atoms with Crippen molar-refractivity contribution in [1.82, 2.24) is 5.43 Å². The molecule has 1 amide bonds. The minimum absolute atomic E-state index is 0.261. The average molecular weight is 594 g/mol. The highest BCUT2D eigenvalue weighted by Crippen LogP contribution is 2.28. The molecule has 0 aliphatic heterocycles. The molecule has 0 saturated carbocycles. The smallest absolute Gasteiger partial charge is 0.343 e. The van der Waals surface area contributed by atoms with E-state index in [1.807, 2.05) is 18.2 Å². The van der Waals surface area contributed by atoms with E-state index in [0.29, 0.717) is 39.8 Å². The Bertz CT molecular complexity index is 1460. The molecule has 0 spiro atoms. The van der Waals surface area contributed by atoms with E-state index in [9.17, 15) is 9.59 Å². The van der Waals surface area contributed by atoms with Crippen molar-refractivity contribution >= 4 is 45.6 Å². The quantitative estimate of drug-likeness (QED) is 0.101. The van der Waals surface area contributed by atoms with Crippen LogP contribution in [0.1, 0.15) is 31.8 Å². The van der Waals surface area contributed by atoms with Gasteiger partial charge < -0.3 is 14.2 Å². The van der Waals surface area contributed by atoms with Gasteiger partial charge in [0.05, 0.1) is 18.9 Å². The van der Waals surface area contributed by atoms with Gasteiger partial charge in [-0.1, -0.05) is 45.7 Å². The molecule has 0 aliphatic carbocycles. The predicted octanol–water partition coefficient (Wildman–Crippen LogP) is 6.67. The highest BCUT2D eigenvalue weighted by molar-refractivity contribution is 9.10. The number of nitrogens with zero attached hydrogens (tertiary/aromatic N) is 1. The average Bonchev–Trinajstić information content (AvgIpc) is 2.93. The van der Waals surface area contributed by atoms with Crippen LogP contribution in [0.5, 0.6) is 17.2 Å². The van der Waals surface area contributed by atoms with Gasteiger partial charge in [0.2, 0.25) is 0 Å². The minimum Gasteiger partial charge on any atom is -0.493 e. The first-order chi connectivity index (χ1) is 18.4. The Morgan fingerprint density at radius 1 is 0.921 bits per heavy atom. The second kappa shape index (κ2) is 12.9. The molecule has 4 aromatic rings. The Balaban J connectivity index is 1.32. The van der Waals surface area contributed by atoms with Gasteiger partial charge in [-0.3, -0.25) is 4.79 Å². The van der Waals surface area contributed by atoms with Crippen molar-refractivity contribution in [3.8, 4) is 17.2 Å². The van der Waals surface area contributed by atoms with Crippen molar-refractivity contribution in [2.45, 2.75) is 6.61 Å². The number of hydrogen-bond acceptors (Lipinski definition) is 6. The van der Waals surface area contributed by atoms with Crippen LogP contribution in [0.15, 0.2) is 101 Å². The highest BCUT2D eigenvalue weighted by Gasteiger charge is 2.13. The van der Waals surface area contributed by atoms with E-state index in [1.54, 1.807) is 72.8 Å². The van der Waals surface area contributed by atoms with Crippen molar-refractivity contribution in [2.75, 3.05) is 7.11 Å². The molecule has 0 aromatic heterocycles. The molecule has 7 nitrogen and oxygen atoms in total. The number of rotatable bonds is 9.